The zero-order valence-electron chi connectivity index (χ0n) is 9.09. The van der Waals surface area contributed by atoms with Gasteiger partial charge < -0.3 is 4.74 Å². The molecule has 0 aromatic heterocycles. The molecule has 0 spiro atoms. The first-order valence-electron chi connectivity index (χ1n) is 5.00. The first-order valence-corrected chi connectivity index (χ1v) is 5.00. The third-order valence-electron chi connectivity index (χ3n) is 1.92. The fourth-order valence-electron chi connectivity index (χ4n) is 1.25. The van der Waals surface area contributed by atoms with Crippen LogP contribution in [0.3, 0.4) is 0 Å². The maximum Gasteiger partial charge on any atom is 0.348 e. The van der Waals surface area contributed by atoms with E-state index in [2.05, 4.69) is 0 Å². The Morgan fingerprint density at radius 2 is 2.00 bits per heavy atom. The minimum Gasteiger partial charge on any atom is -0.462 e. The largest absolute Gasteiger partial charge is 0.462 e. The van der Waals surface area contributed by atoms with E-state index in [0.717, 1.165) is 24.8 Å². The summed E-state index contributed by atoms with van der Waals surface area (Å²) in [5, 5.41) is 8.84. The molecule has 0 saturated carbocycles. The Bertz CT molecular complexity index is 261. The Kier molecular flexibility index (Phi) is 6.47. The number of hydrogen-bond acceptors (Lipinski definition) is 3. The van der Waals surface area contributed by atoms with Gasteiger partial charge in [0.25, 0.3) is 0 Å². The van der Waals surface area contributed by atoms with Crippen LogP contribution in [-0.2, 0) is 9.53 Å². The van der Waals surface area contributed by atoms with Gasteiger partial charge in [-0.05, 0) is 25.3 Å². The lowest BCUT2D eigenvalue weighted by Gasteiger charge is -2.06. The molecule has 78 valence electrons. The highest BCUT2D eigenvalue weighted by Gasteiger charge is 2.14. The molecule has 0 N–H and O–H groups in total. The number of allylic oxidation sites excluding steroid dienone is 1. The highest BCUT2D eigenvalue weighted by atomic mass is 16.5. The smallest absolute Gasteiger partial charge is 0.348 e. The van der Waals surface area contributed by atoms with Crippen molar-refractivity contribution in [1.29, 1.82) is 5.26 Å². The molecule has 0 unspecified atom stereocenters. The monoisotopic (exact) mass is 195 g/mol. The van der Waals surface area contributed by atoms with Crippen LogP contribution in [0.4, 0.5) is 0 Å². The van der Waals surface area contributed by atoms with E-state index < -0.39 is 5.97 Å². The van der Waals surface area contributed by atoms with Gasteiger partial charge in [0.1, 0.15) is 11.6 Å². The summed E-state index contributed by atoms with van der Waals surface area (Å²) in [5.41, 5.74) is 1.09. The van der Waals surface area contributed by atoms with Crippen molar-refractivity contribution >= 4 is 5.97 Å². The second kappa shape index (κ2) is 7.14. The summed E-state index contributed by atoms with van der Waals surface area (Å²) in [6.45, 7) is 6.02. The fraction of sp³-hybridized carbons (Fsp3) is 0.636. The van der Waals surface area contributed by atoms with E-state index in [1.54, 1.807) is 6.92 Å². The zero-order valence-corrected chi connectivity index (χ0v) is 9.09. The SMILES string of the molecule is CCCC(CC)=C(C#N)C(=O)OCC. The van der Waals surface area contributed by atoms with Crippen LogP contribution < -0.4 is 0 Å². The predicted octanol–water partition coefficient (Wildman–Crippen LogP) is 2.58. The van der Waals surface area contributed by atoms with E-state index in [1.807, 2.05) is 19.9 Å². The summed E-state index contributed by atoms with van der Waals surface area (Å²) >= 11 is 0. The number of rotatable bonds is 5. The number of nitriles is 1. The Labute approximate surface area is 85.4 Å². The molecule has 0 aliphatic rings. The molecule has 0 aliphatic heterocycles. The molecule has 0 aromatic rings. The quantitative estimate of drug-likeness (QED) is 0.385. The summed E-state index contributed by atoms with van der Waals surface area (Å²) in [7, 11) is 0. The van der Waals surface area contributed by atoms with Crippen molar-refractivity contribution in [2.75, 3.05) is 6.61 Å². The van der Waals surface area contributed by atoms with Crippen LogP contribution in [0.1, 0.15) is 40.0 Å². The van der Waals surface area contributed by atoms with Crippen LogP contribution in [0.2, 0.25) is 0 Å². The molecule has 0 heterocycles. The second-order valence-corrected chi connectivity index (χ2v) is 2.91. The van der Waals surface area contributed by atoms with Crippen molar-refractivity contribution in [2.45, 2.75) is 40.0 Å². The number of nitrogens with zero attached hydrogens (tertiary/aromatic N) is 1. The Morgan fingerprint density at radius 3 is 2.36 bits per heavy atom. The molecule has 0 fully saturated rings. The van der Waals surface area contributed by atoms with Crippen molar-refractivity contribution in [3.8, 4) is 6.07 Å². The molecule has 0 aliphatic carbocycles. The average molecular weight is 195 g/mol. The van der Waals surface area contributed by atoms with E-state index in [9.17, 15) is 4.79 Å². The molecule has 0 radical (unpaired) electrons. The third kappa shape index (κ3) is 3.61. The summed E-state index contributed by atoms with van der Waals surface area (Å²) in [6.07, 6.45) is 2.46. The number of ether oxygens (including phenoxy) is 1. The maximum absolute atomic E-state index is 11.3. The topological polar surface area (TPSA) is 50.1 Å². The minimum absolute atomic E-state index is 0.191. The van der Waals surface area contributed by atoms with Crippen LogP contribution >= 0.6 is 0 Å². The maximum atomic E-state index is 11.3. The normalized spacial score (nSPS) is 11.6. The Balaban J connectivity index is 4.80. The molecule has 0 atom stereocenters. The van der Waals surface area contributed by atoms with E-state index in [4.69, 9.17) is 10.00 Å². The van der Waals surface area contributed by atoms with Crippen LogP contribution in [0.15, 0.2) is 11.1 Å². The lowest BCUT2D eigenvalue weighted by atomic mass is 10.0. The molecule has 14 heavy (non-hydrogen) atoms. The van der Waals surface area contributed by atoms with Gasteiger partial charge in [0.05, 0.1) is 6.61 Å². The molecule has 0 rings (SSSR count). The lowest BCUT2D eigenvalue weighted by Crippen LogP contribution is -2.09. The van der Waals surface area contributed by atoms with E-state index in [-0.39, 0.29) is 5.57 Å². The third-order valence-corrected chi connectivity index (χ3v) is 1.92. The van der Waals surface area contributed by atoms with Gasteiger partial charge in [-0.15, -0.1) is 0 Å². The molecule has 3 nitrogen and oxygen atoms in total. The number of hydrogen-bond donors (Lipinski definition) is 0. The molecule has 0 aromatic carbocycles. The Morgan fingerprint density at radius 1 is 1.36 bits per heavy atom. The zero-order chi connectivity index (χ0) is 11.0. The van der Waals surface area contributed by atoms with Gasteiger partial charge in [-0.2, -0.15) is 5.26 Å². The van der Waals surface area contributed by atoms with Crippen LogP contribution in [0.25, 0.3) is 0 Å². The number of carbonyl (C=O) groups is 1. The molecular weight excluding hydrogens is 178 g/mol. The summed E-state index contributed by atoms with van der Waals surface area (Å²) in [6, 6.07) is 1.93. The minimum atomic E-state index is -0.486. The summed E-state index contributed by atoms with van der Waals surface area (Å²) in [4.78, 5) is 11.3. The highest BCUT2D eigenvalue weighted by molar-refractivity contribution is 5.93. The van der Waals surface area contributed by atoms with Crippen molar-refractivity contribution in [3.05, 3.63) is 11.1 Å². The van der Waals surface area contributed by atoms with Crippen molar-refractivity contribution < 1.29 is 9.53 Å². The lowest BCUT2D eigenvalue weighted by molar-refractivity contribution is -0.138. The van der Waals surface area contributed by atoms with Gasteiger partial charge in [-0.3, -0.25) is 0 Å². The van der Waals surface area contributed by atoms with E-state index in [0.29, 0.717) is 6.61 Å². The van der Waals surface area contributed by atoms with Gasteiger partial charge in [0, 0.05) is 0 Å². The molecular formula is C11H17NO2. The van der Waals surface area contributed by atoms with Crippen LogP contribution in [0, 0.1) is 11.3 Å². The van der Waals surface area contributed by atoms with Gasteiger partial charge in [-0.25, -0.2) is 4.79 Å². The van der Waals surface area contributed by atoms with Crippen LogP contribution in [-0.4, -0.2) is 12.6 Å². The molecule has 0 saturated heterocycles. The molecule has 3 heteroatoms. The first-order chi connectivity index (χ1) is 6.71. The Hall–Kier alpha value is -1.30. The van der Waals surface area contributed by atoms with Crippen molar-refractivity contribution in [1.82, 2.24) is 0 Å². The van der Waals surface area contributed by atoms with Crippen molar-refractivity contribution in [2.24, 2.45) is 0 Å². The first kappa shape index (κ1) is 12.7. The standard InChI is InChI=1S/C11H17NO2/c1-4-7-9(5-2)10(8-12)11(13)14-6-3/h4-7H2,1-3H3. The van der Waals surface area contributed by atoms with E-state index in [1.165, 1.54) is 0 Å². The van der Waals surface area contributed by atoms with Crippen molar-refractivity contribution in [3.63, 3.8) is 0 Å². The predicted molar refractivity (Wildman–Crippen MR) is 54.5 cm³/mol. The average Bonchev–Trinajstić information content (AvgIpc) is 2.18. The fourth-order valence-corrected chi connectivity index (χ4v) is 1.25. The molecule has 0 amide bonds. The number of esters is 1. The van der Waals surface area contributed by atoms with Crippen LogP contribution in [0.5, 0.6) is 0 Å². The highest BCUT2D eigenvalue weighted by Crippen LogP contribution is 2.15. The van der Waals surface area contributed by atoms with E-state index >= 15 is 0 Å². The summed E-state index contributed by atoms with van der Waals surface area (Å²) < 4.78 is 4.80. The molecule has 0 bridgehead atoms. The van der Waals surface area contributed by atoms with Gasteiger partial charge in [0.15, 0.2) is 0 Å². The summed E-state index contributed by atoms with van der Waals surface area (Å²) in [5.74, 6) is -0.486. The second-order valence-electron chi connectivity index (χ2n) is 2.91. The van der Waals surface area contributed by atoms with Gasteiger partial charge in [0.2, 0.25) is 0 Å². The number of carbonyl (C=O) groups excluding carboxylic acids is 1. The van der Waals surface area contributed by atoms with Gasteiger partial charge >= 0.3 is 5.97 Å². The van der Waals surface area contributed by atoms with Gasteiger partial charge in [-0.1, -0.05) is 20.3 Å².